The summed E-state index contributed by atoms with van der Waals surface area (Å²) in [7, 11) is -3.93. The Bertz CT molecular complexity index is 631. The van der Waals surface area contributed by atoms with E-state index in [1.807, 2.05) is 4.72 Å². The highest BCUT2D eigenvalue weighted by Gasteiger charge is 2.33. The second-order valence-corrected chi connectivity index (χ2v) is 6.36. The lowest BCUT2D eigenvalue weighted by atomic mass is 10.2. The zero-order valence-corrected chi connectivity index (χ0v) is 12.0. The van der Waals surface area contributed by atoms with Crippen LogP contribution in [0.2, 0.25) is 5.02 Å². The number of hydrogen-bond donors (Lipinski definition) is 2. The highest BCUT2D eigenvalue weighted by molar-refractivity contribution is 7.92. The Balaban J connectivity index is 2.86. The molecular formula is C11H11ClF3NO4S. The molecule has 0 aliphatic rings. The number of halogens is 4. The fraction of sp³-hybridized carbons (Fsp3) is 0.364. The van der Waals surface area contributed by atoms with Gasteiger partial charge in [-0.1, -0.05) is 11.6 Å². The van der Waals surface area contributed by atoms with Crippen LogP contribution in [0.15, 0.2) is 18.2 Å². The van der Waals surface area contributed by atoms with Crippen molar-refractivity contribution >= 4 is 33.3 Å². The molecule has 0 aliphatic carbocycles. The SMILES string of the molecule is O=C(O)CCCS(=O)(=O)Nc1ccc(Cl)c(C(F)(F)F)c1. The quantitative estimate of drug-likeness (QED) is 0.830. The normalized spacial score (nSPS) is 12.2. The van der Waals surface area contributed by atoms with Gasteiger partial charge in [0.05, 0.1) is 16.3 Å². The maximum absolute atomic E-state index is 12.6. The molecular weight excluding hydrogens is 335 g/mol. The number of carbonyl (C=O) groups is 1. The Labute approximate surface area is 123 Å². The number of sulfonamides is 1. The van der Waals surface area contributed by atoms with Crippen LogP contribution in [0, 0.1) is 0 Å². The molecule has 0 heterocycles. The number of hydrogen-bond acceptors (Lipinski definition) is 3. The highest BCUT2D eigenvalue weighted by Crippen LogP contribution is 2.36. The Kier molecular flexibility index (Phi) is 5.46. The minimum absolute atomic E-state index is 0.148. The van der Waals surface area contributed by atoms with Crippen LogP contribution in [0.3, 0.4) is 0 Å². The first-order valence-electron chi connectivity index (χ1n) is 5.60. The molecule has 0 spiro atoms. The summed E-state index contributed by atoms with van der Waals surface area (Å²) in [5, 5.41) is 7.86. The minimum Gasteiger partial charge on any atom is -0.481 e. The van der Waals surface area contributed by atoms with Crippen molar-refractivity contribution < 1.29 is 31.5 Å². The third-order valence-corrected chi connectivity index (χ3v) is 4.05. The van der Waals surface area contributed by atoms with Crippen LogP contribution in [0.25, 0.3) is 0 Å². The molecule has 1 aromatic carbocycles. The lowest BCUT2D eigenvalue weighted by molar-refractivity contribution is -0.138. The summed E-state index contributed by atoms with van der Waals surface area (Å²) < 4.78 is 63.0. The molecule has 0 bridgehead atoms. The van der Waals surface area contributed by atoms with E-state index in [9.17, 15) is 26.4 Å². The predicted molar refractivity (Wildman–Crippen MR) is 70.7 cm³/mol. The lowest BCUT2D eigenvalue weighted by Crippen LogP contribution is -2.18. The average molecular weight is 346 g/mol. The molecule has 0 saturated carbocycles. The van der Waals surface area contributed by atoms with Crippen molar-refractivity contribution in [2.75, 3.05) is 10.5 Å². The molecule has 118 valence electrons. The number of rotatable bonds is 6. The highest BCUT2D eigenvalue weighted by atomic mass is 35.5. The maximum Gasteiger partial charge on any atom is 0.417 e. The molecule has 10 heteroatoms. The van der Waals surface area contributed by atoms with Gasteiger partial charge in [-0.25, -0.2) is 8.42 Å². The largest absolute Gasteiger partial charge is 0.481 e. The van der Waals surface area contributed by atoms with Gasteiger partial charge in [0.1, 0.15) is 0 Å². The first-order valence-corrected chi connectivity index (χ1v) is 7.63. The third kappa shape index (κ3) is 5.80. The standard InChI is InChI=1S/C11H11ClF3NO4S/c12-9-4-3-7(6-8(9)11(13,14)15)16-21(19,20)5-1-2-10(17)18/h3-4,6,16H,1-2,5H2,(H,17,18). The molecule has 0 unspecified atom stereocenters. The summed E-state index contributed by atoms with van der Waals surface area (Å²) in [4.78, 5) is 10.3. The number of aliphatic carboxylic acids is 1. The third-order valence-electron chi connectivity index (χ3n) is 2.35. The first kappa shape index (κ1) is 17.6. The molecule has 5 nitrogen and oxygen atoms in total. The van der Waals surface area contributed by atoms with E-state index < -0.39 is 38.5 Å². The van der Waals surface area contributed by atoms with Crippen LogP contribution in [0.5, 0.6) is 0 Å². The number of alkyl halides is 3. The van der Waals surface area contributed by atoms with Gasteiger partial charge in [0.25, 0.3) is 0 Å². The number of anilines is 1. The van der Waals surface area contributed by atoms with Crippen molar-refractivity contribution in [1.29, 1.82) is 0 Å². The molecule has 2 N–H and O–H groups in total. The maximum atomic E-state index is 12.6. The number of carboxylic acids is 1. The van der Waals surface area contributed by atoms with E-state index in [0.29, 0.717) is 6.07 Å². The van der Waals surface area contributed by atoms with Crippen molar-refractivity contribution in [3.05, 3.63) is 28.8 Å². The van der Waals surface area contributed by atoms with Crippen molar-refractivity contribution in [2.45, 2.75) is 19.0 Å². The van der Waals surface area contributed by atoms with Gasteiger partial charge in [-0.05, 0) is 24.6 Å². The molecule has 0 saturated heterocycles. The molecule has 0 fully saturated rings. The van der Waals surface area contributed by atoms with Crippen LogP contribution in [-0.2, 0) is 21.0 Å². The minimum atomic E-state index is -4.71. The fourth-order valence-electron chi connectivity index (χ4n) is 1.45. The van der Waals surface area contributed by atoms with E-state index in [0.717, 1.165) is 12.1 Å². The van der Waals surface area contributed by atoms with Gasteiger partial charge in [-0.3, -0.25) is 9.52 Å². The summed E-state index contributed by atoms with van der Waals surface area (Å²) in [5.74, 6) is -1.67. The van der Waals surface area contributed by atoms with Crippen molar-refractivity contribution in [1.82, 2.24) is 0 Å². The molecule has 0 aromatic heterocycles. The van der Waals surface area contributed by atoms with E-state index in [1.54, 1.807) is 0 Å². The molecule has 0 amide bonds. The van der Waals surface area contributed by atoms with E-state index in [4.69, 9.17) is 16.7 Å². The fourth-order valence-corrected chi connectivity index (χ4v) is 2.79. The van der Waals surface area contributed by atoms with Gasteiger partial charge >= 0.3 is 12.1 Å². The summed E-state index contributed by atoms with van der Waals surface area (Å²) >= 11 is 5.41. The van der Waals surface area contributed by atoms with Crippen molar-refractivity contribution in [3.8, 4) is 0 Å². The Hall–Kier alpha value is -1.48. The van der Waals surface area contributed by atoms with Gasteiger partial charge in [0.2, 0.25) is 10.0 Å². The van der Waals surface area contributed by atoms with Crippen LogP contribution in [0.1, 0.15) is 18.4 Å². The van der Waals surface area contributed by atoms with E-state index in [-0.39, 0.29) is 18.5 Å². The zero-order valence-electron chi connectivity index (χ0n) is 10.4. The van der Waals surface area contributed by atoms with Crippen LogP contribution in [-0.4, -0.2) is 25.2 Å². The molecule has 21 heavy (non-hydrogen) atoms. The molecule has 1 aromatic rings. The van der Waals surface area contributed by atoms with Gasteiger partial charge in [0, 0.05) is 12.1 Å². The van der Waals surface area contributed by atoms with Crippen LogP contribution in [0.4, 0.5) is 18.9 Å². The van der Waals surface area contributed by atoms with Gasteiger partial charge in [0.15, 0.2) is 0 Å². The summed E-state index contributed by atoms with van der Waals surface area (Å²) in [5.41, 5.74) is -1.45. The second-order valence-electron chi connectivity index (χ2n) is 4.11. The Morgan fingerprint density at radius 1 is 1.33 bits per heavy atom. The Morgan fingerprint density at radius 3 is 2.48 bits per heavy atom. The van der Waals surface area contributed by atoms with Crippen molar-refractivity contribution in [2.24, 2.45) is 0 Å². The monoisotopic (exact) mass is 345 g/mol. The molecule has 0 radical (unpaired) electrons. The average Bonchev–Trinajstić information content (AvgIpc) is 2.29. The number of carboxylic acid groups (broad SMARTS) is 1. The van der Waals surface area contributed by atoms with Gasteiger partial charge in [-0.2, -0.15) is 13.2 Å². The van der Waals surface area contributed by atoms with Gasteiger partial charge in [-0.15, -0.1) is 0 Å². The van der Waals surface area contributed by atoms with Gasteiger partial charge < -0.3 is 5.11 Å². The second kappa shape index (κ2) is 6.52. The predicted octanol–water partition coefficient (Wildman–Crippen LogP) is 2.97. The molecule has 0 aliphatic heterocycles. The summed E-state index contributed by atoms with van der Waals surface area (Å²) in [6.07, 6.45) is -5.21. The summed E-state index contributed by atoms with van der Waals surface area (Å²) in [6, 6.07) is 2.60. The van der Waals surface area contributed by atoms with E-state index in [1.165, 1.54) is 0 Å². The smallest absolute Gasteiger partial charge is 0.417 e. The van der Waals surface area contributed by atoms with Crippen LogP contribution >= 0.6 is 11.6 Å². The summed E-state index contributed by atoms with van der Waals surface area (Å²) in [6.45, 7) is 0. The first-order chi connectivity index (χ1) is 9.51. The zero-order chi connectivity index (χ0) is 16.3. The molecule has 1 rings (SSSR count). The van der Waals surface area contributed by atoms with E-state index in [2.05, 4.69) is 0 Å². The number of nitrogens with one attached hydrogen (secondary N) is 1. The Morgan fingerprint density at radius 2 is 1.95 bits per heavy atom. The van der Waals surface area contributed by atoms with E-state index >= 15 is 0 Å². The lowest BCUT2D eigenvalue weighted by Gasteiger charge is -2.12. The topological polar surface area (TPSA) is 83.5 Å². The van der Waals surface area contributed by atoms with Crippen molar-refractivity contribution in [3.63, 3.8) is 0 Å². The number of benzene rings is 1. The molecule has 0 atom stereocenters. The van der Waals surface area contributed by atoms with Crippen LogP contribution < -0.4 is 4.72 Å².